The van der Waals surface area contributed by atoms with Gasteiger partial charge in [0.25, 0.3) is 0 Å². The lowest BCUT2D eigenvalue weighted by atomic mass is 10.2. The SMILES string of the molecule is CC(SCC(=O)Nc1ccc(F)cc1)C(=O)N1CCNC[C@H]1C.Cl. The highest BCUT2D eigenvalue weighted by Crippen LogP contribution is 2.17. The molecule has 1 aromatic rings. The summed E-state index contributed by atoms with van der Waals surface area (Å²) in [6.07, 6.45) is 0. The number of piperazine rings is 1. The number of halogens is 2. The van der Waals surface area contributed by atoms with Gasteiger partial charge in [-0.05, 0) is 38.1 Å². The normalized spacial score (nSPS) is 18.5. The Balaban J connectivity index is 0.00000288. The van der Waals surface area contributed by atoms with Crippen molar-refractivity contribution in [1.29, 1.82) is 0 Å². The topological polar surface area (TPSA) is 61.4 Å². The van der Waals surface area contributed by atoms with E-state index >= 15 is 0 Å². The molecule has 0 bridgehead atoms. The number of anilines is 1. The number of nitrogens with one attached hydrogen (secondary N) is 2. The quantitative estimate of drug-likeness (QED) is 0.827. The van der Waals surface area contributed by atoms with Gasteiger partial charge < -0.3 is 15.5 Å². The Morgan fingerprint density at radius 2 is 2.08 bits per heavy atom. The average molecular weight is 376 g/mol. The summed E-state index contributed by atoms with van der Waals surface area (Å²) in [5.41, 5.74) is 0.548. The second-order valence-electron chi connectivity index (χ2n) is 5.59. The van der Waals surface area contributed by atoms with Crippen molar-refractivity contribution in [3.8, 4) is 0 Å². The largest absolute Gasteiger partial charge is 0.336 e. The number of amides is 2. The third-order valence-electron chi connectivity index (χ3n) is 3.72. The Hall–Kier alpha value is -1.31. The van der Waals surface area contributed by atoms with Crippen LogP contribution in [0.4, 0.5) is 10.1 Å². The first kappa shape index (κ1) is 20.7. The molecule has 24 heavy (non-hydrogen) atoms. The van der Waals surface area contributed by atoms with E-state index in [2.05, 4.69) is 10.6 Å². The molecule has 2 N–H and O–H groups in total. The maximum atomic E-state index is 12.8. The van der Waals surface area contributed by atoms with Crippen LogP contribution in [0.25, 0.3) is 0 Å². The van der Waals surface area contributed by atoms with Gasteiger partial charge in [-0.1, -0.05) is 0 Å². The van der Waals surface area contributed by atoms with E-state index in [1.165, 1.54) is 36.0 Å². The van der Waals surface area contributed by atoms with Gasteiger partial charge in [0.1, 0.15) is 5.82 Å². The fourth-order valence-corrected chi connectivity index (χ4v) is 3.16. The van der Waals surface area contributed by atoms with Crippen LogP contribution in [-0.2, 0) is 9.59 Å². The lowest BCUT2D eigenvalue weighted by Crippen LogP contribution is -2.54. The maximum Gasteiger partial charge on any atom is 0.235 e. The van der Waals surface area contributed by atoms with Crippen LogP contribution in [0.3, 0.4) is 0 Å². The molecule has 134 valence electrons. The summed E-state index contributed by atoms with van der Waals surface area (Å²) in [6, 6.07) is 5.78. The van der Waals surface area contributed by atoms with E-state index in [-0.39, 0.29) is 47.1 Å². The zero-order chi connectivity index (χ0) is 16.8. The summed E-state index contributed by atoms with van der Waals surface area (Å²) in [5, 5.41) is 5.67. The van der Waals surface area contributed by atoms with E-state index < -0.39 is 0 Å². The fraction of sp³-hybridized carbons (Fsp3) is 0.500. The Labute approximate surface area is 152 Å². The minimum Gasteiger partial charge on any atom is -0.336 e. The number of carbonyl (C=O) groups is 2. The smallest absolute Gasteiger partial charge is 0.235 e. The van der Waals surface area contributed by atoms with E-state index in [4.69, 9.17) is 0 Å². The van der Waals surface area contributed by atoms with Crippen LogP contribution < -0.4 is 10.6 Å². The highest BCUT2D eigenvalue weighted by Gasteiger charge is 2.27. The molecule has 1 heterocycles. The number of nitrogens with zero attached hydrogens (tertiary/aromatic N) is 1. The minimum atomic E-state index is -0.346. The minimum absolute atomic E-state index is 0. The number of benzene rings is 1. The van der Waals surface area contributed by atoms with Crippen LogP contribution in [0, 0.1) is 5.82 Å². The molecule has 0 radical (unpaired) electrons. The van der Waals surface area contributed by atoms with Crippen molar-refractivity contribution in [1.82, 2.24) is 10.2 Å². The second-order valence-corrected chi connectivity index (χ2v) is 6.92. The zero-order valence-corrected chi connectivity index (χ0v) is 15.4. The number of rotatable bonds is 5. The third-order valence-corrected chi connectivity index (χ3v) is 4.86. The molecular weight excluding hydrogens is 353 g/mol. The van der Waals surface area contributed by atoms with Crippen LogP contribution in [0.1, 0.15) is 13.8 Å². The fourth-order valence-electron chi connectivity index (χ4n) is 2.40. The van der Waals surface area contributed by atoms with Crippen LogP contribution >= 0.6 is 24.2 Å². The van der Waals surface area contributed by atoms with Crippen molar-refractivity contribution in [2.75, 3.05) is 30.7 Å². The molecule has 1 saturated heterocycles. The molecule has 8 heteroatoms. The van der Waals surface area contributed by atoms with Gasteiger partial charge in [-0.3, -0.25) is 9.59 Å². The molecular formula is C16H23ClFN3O2S. The Morgan fingerprint density at radius 1 is 1.42 bits per heavy atom. The second kappa shape index (κ2) is 9.86. The summed E-state index contributed by atoms with van der Waals surface area (Å²) >= 11 is 1.31. The van der Waals surface area contributed by atoms with Crippen LogP contribution in [0.2, 0.25) is 0 Å². The first-order valence-electron chi connectivity index (χ1n) is 7.65. The van der Waals surface area contributed by atoms with Gasteiger partial charge in [0.05, 0.1) is 11.0 Å². The number of thioether (sulfide) groups is 1. The van der Waals surface area contributed by atoms with Gasteiger partial charge in [-0.2, -0.15) is 0 Å². The van der Waals surface area contributed by atoms with Crippen molar-refractivity contribution in [2.24, 2.45) is 0 Å². The van der Waals surface area contributed by atoms with Crippen molar-refractivity contribution in [3.05, 3.63) is 30.1 Å². The van der Waals surface area contributed by atoms with Crippen LogP contribution in [0.5, 0.6) is 0 Å². The van der Waals surface area contributed by atoms with Gasteiger partial charge >= 0.3 is 0 Å². The highest BCUT2D eigenvalue weighted by molar-refractivity contribution is 8.01. The third kappa shape index (κ3) is 5.96. The molecule has 2 rings (SSSR count). The molecule has 1 aromatic carbocycles. The van der Waals surface area contributed by atoms with Gasteiger partial charge in [0, 0.05) is 31.4 Å². The highest BCUT2D eigenvalue weighted by atomic mass is 35.5. The Bertz CT molecular complexity index is 559. The van der Waals surface area contributed by atoms with Gasteiger partial charge in [-0.25, -0.2) is 4.39 Å². The lowest BCUT2D eigenvalue weighted by molar-refractivity contribution is -0.133. The molecule has 2 amide bonds. The molecule has 1 fully saturated rings. The van der Waals surface area contributed by atoms with E-state index in [0.29, 0.717) is 12.2 Å². The van der Waals surface area contributed by atoms with E-state index in [1.807, 2.05) is 18.7 Å². The van der Waals surface area contributed by atoms with Gasteiger partial charge in [-0.15, -0.1) is 24.2 Å². The van der Waals surface area contributed by atoms with Crippen molar-refractivity contribution in [3.63, 3.8) is 0 Å². The predicted octanol–water partition coefficient (Wildman–Crippen LogP) is 2.13. The van der Waals surface area contributed by atoms with Crippen LogP contribution in [-0.4, -0.2) is 53.4 Å². The van der Waals surface area contributed by atoms with Crippen molar-refractivity contribution in [2.45, 2.75) is 25.1 Å². The molecule has 0 saturated carbocycles. The molecule has 2 atom stereocenters. The lowest BCUT2D eigenvalue weighted by Gasteiger charge is -2.35. The number of hydrogen-bond donors (Lipinski definition) is 2. The van der Waals surface area contributed by atoms with Crippen LogP contribution in [0.15, 0.2) is 24.3 Å². The van der Waals surface area contributed by atoms with E-state index in [0.717, 1.165) is 13.1 Å². The predicted molar refractivity (Wildman–Crippen MR) is 98.2 cm³/mol. The summed E-state index contributed by atoms with van der Waals surface area (Å²) in [5.74, 6) is -0.292. The van der Waals surface area contributed by atoms with Gasteiger partial charge in [0.2, 0.25) is 11.8 Å². The standard InChI is InChI=1S/C16H22FN3O2S.ClH/c1-11-9-18-7-8-20(11)16(22)12(2)23-10-15(21)19-14-5-3-13(17)4-6-14;/h3-6,11-12,18H,7-10H2,1-2H3,(H,19,21);1H/t11-,12?;/m1./s1. The molecule has 0 aliphatic carbocycles. The first-order chi connectivity index (χ1) is 11.0. The summed E-state index contributed by atoms with van der Waals surface area (Å²) in [7, 11) is 0. The van der Waals surface area contributed by atoms with Gasteiger partial charge in [0.15, 0.2) is 0 Å². The van der Waals surface area contributed by atoms with Crippen molar-refractivity contribution >= 4 is 41.7 Å². The number of carbonyl (C=O) groups excluding carboxylic acids is 2. The average Bonchev–Trinajstić information content (AvgIpc) is 2.54. The summed E-state index contributed by atoms with van der Waals surface area (Å²) in [6.45, 7) is 6.15. The number of hydrogen-bond acceptors (Lipinski definition) is 4. The summed E-state index contributed by atoms with van der Waals surface area (Å²) in [4.78, 5) is 26.2. The zero-order valence-electron chi connectivity index (χ0n) is 13.8. The van der Waals surface area contributed by atoms with Crippen molar-refractivity contribution < 1.29 is 14.0 Å². The molecule has 0 aromatic heterocycles. The molecule has 0 spiro atoms. The Morgan fingerprint density at radius 3 is 2.71 bits per heavy atom. The Kier molecular flexibility index (Phi) is 8.52. The molecule has 1 aliphatic rings. The molecule has 5 nitrogen and oxygen atoms in total. The van der Waals surface area contributed by atoms with E-state index in [9.17, 15) is 14.0 Å². The molecule has 1 unspecified atom stereocenters. The van der Waals surface area contributed by atoms with E-state index in [1.54, 1.807) is 0 Å². The molecule has 1 aliphatic heterocycles. The maximum absolute atomic E-state index is 12.8. The first-order valence-corrected chi connectivity index (χ1v) is 8.70. The monoisotopic (exact) mass is 375 g/mol. The summed E-state index contributed by atoms with van der Waals surface area (Å²) < 4.78 is 12.8.